The molecule has 0 saturated carbocycles. The molecule has 0 atom stereocenters. The molecule has 2 rings (SSSR count). The summed E-state index contributed by atoms with van der Waals surface area (Å²) in [5.41, 5.74) is 3.39. The second kappa shape index (κ2) is 3.11. The minimum absolute atomic E-state index is 1.05. The van der Waals surface area contributed by atoms with E-state index in [9.17, 15) is 0 Å². The molecule has 0 spiro atoms. The van der Waals surface area contributed by atoms with Crippen molar-refractivity contribution in [1.82, 2.24) is 4.98 Å². The molecule has 1 aromatic heterocycles. The second-order valence-corrected chi connectivity index (χ2v) is 3.95. The molecule has 1 nitrogen and oxygen atoms in total. The van der Waals surface area contributed by atoms with Crippen LogP contribution in [0.2, 0.25) is 0 Å². The van der Waals surface area contributed by atoms with Crippen LogP contribution in [0.15, 0.2) is 28.7 Å². The summed E-state index contributed by atoms with van der Waals surface area (Å²) in [5.74, 6) is 0. The Labute approximate surface area is 85.9 Å². The lowest BCUT2D eigenvalue weighted by Crippen LogP contribution is -1.89. The number of aromatic nitrogens is 1. The van der Waals surface area contributed by atoms with Gasteiger partial charge in [0.1, 0.15) is 0 Å². The number of rotatable bonds is 0. The maximum absolute atomic E-state index is 4.49. The van der Waals surface area contributed by atoms with Crippen molar-refractivity contribution in [3.05, 3.63) is 40.0 Å². The van der Waals surface area contributed by atoms with Crippen LogP contribution in [0.4, 0.5) is 0 Å². The molecule has 0 N–H and O–H groups in total. The van der Waals surface area contributed by atoms with E-state index in [1.165, 1.54) is 10.9 Å². The Hall–Kier alpha value is -0.890. The summed E-state index contributed by atoms with van der Waals surface area (Å²) in [5, 5.41) is 1.22. The molecule has 2 heteroatoms. The van der Waals surface area contributed by atoms with Gasteiger partial charge >= 0.3 is 0 Å². The van der Waals surface area contributed by atoms with Gasteiger partial charge in [-0.3, -0.25) is 4.98 Å². The molecule has 0 amide bonds. The first-order valence-corrected chi connectivity index (χ1v) is 5.01. The van der Waals surface area contributed by atoms with Gasteiger partial charge in [0.2, 0.25) is 0 Å². The fourth-order valence-electron chi connectivity index (χ4n) is 1.51. The number of para-hydroxylation sites is 1. The molecule has 0 aliphatic carbocycles. The van der Waals surface area contributed by atoms with Gasteiger partial charge in [0, 0.05) is 9.86 Å². The lowest BCUT2D eigenvalue weighted by Gasteiger charge is -2.06. The molecular formula is C11H10BrN. The zero-order chi connectivity index (χ0) is 9.42. The van der Waals surface area contributed by atoms with Crippen LogP contribution in [-0.4, -0.2) is 4.98 Å². The van der Waals surface area contributed by atoms with Crippen LogP contribution >= 0.6 is 15.9 Å². The number of nitrogens with zero attached hydrogens (tertiary/aromatic N) is 1. The quantitative estimate of drug-likeness (QED) is 0.680. The van der Waals surface area contributed by atoms with Crippen LogP contribution in [-0.2, 0) is 0 Å². The molecular weight excluding hydrogens is 226 g/mol. The van der Waals surface area contributed by atoms with Crippen LogP contribution in [0.1, 0.15) is 11.3 Å². The monoisotopic (exact) mass is 235 g/mol. The van der Waals surface area contributed by atoms with Crippen molar-refractivity contribution in [1.29, 1.82) is 0 Å². The standard InChI is InChI=1S/C11H10BrN/c1-7-9-5-3-4-6-10(9)13-8(2)11(7)12/h3-6H,1-2H3. The van der Waals surface area contributed by atoms with Crippen molar-refractivity contribution in [2.24, 2.45) is 0 Å². The first-order chi connectivity index (χ1) is 6.20. The molecule has 2 aromatic rings. The van der Waals surface area contributed by atoms with Gasteiger partial charge in [-0.05, 0) is 41.4 Å². The summed E-state index contributed by atoms with van der Waals surface area (Å²) in [4.78, 5) is 4.49. The summed E-state index contributed by atoms with van der Waals surface area (Å²) in [6.45, 7) is 4.13. The predicted octanol–water partition coefficient (Wildman–Crippen LogP) is 3.61. The summed E-state index contributed by atoms with van der Waals surface area (Å²) in [6, 6.07) is 8.20. The highest BCUT2D eigenvalue weighted by atomic mass is 79.9. The lowest BCUT2D eigenvalue weighted by atomic mass is 10.1. The molecule has 0 aliphatic rings. The predicted molar refractivity (Wildman–Crippen MR) is 58.9 cm³/mol. The van der Waals surface area contributed by atoms with Gasteiger partial charge in [0.05, 0.1) is 11.2 Å². The number of benzene rings is 1. The van der Waals surface area contributed by atoms with Gasteiger partial charge in [0.25, 0.3) is 0 Å². The van der Waals surface area contributed by atoms with E-state index in [2.05, 4.69) is 33.9 Å². The number of aryl methyl sites for hydroxylation is 2. The molecule has 0 fully saturated rings. The minimum atomic E-state index is 1.05. The largest absolute Gasteiger partial charge is 0.252 e. The fraction of sp³-hybridized carbons (Fsp3) is 0.182. The number of pyridine rings is 1. The van der Waals surface area contributed by atoms with Gasteiger partial charge < -0.3 is 0 Å². The summed E-state index contributed by atoms with van der Waals surface area (Å²) in [7, 11) is 0. The summed E-state index contributed by atoms with van der Waals surface area (Å²) in [6.07, 6.45) is 0. The SMILES string of the molecule is Cc1nc2ccccc2c(C)c1Br. The highest BCUT2D eigenvalue weighted by Crippen LogP contribution is 2.26. The number of hydrogen-bond donors (Lipinski definition) is 0. The highest BCUT2D eigenvalue weighted by molar-refractivity contribution is 9.10. The van der Waals surface area contributed by atoms with Crippen LogP contribution in [0.5, 0.6) is 0 Å². The number of hydrogen-bond acceptors (Lipinski definition) is 1. The maximum atomic E-state index is 4.49. The smallest absolute Gasteiger partial charge is 0.0708 e. The van der Waals surface area contributed by atoms with E-state index in [0.29, 0.717) is 0 Å². The Balaban J connectivity index is 2.94. The molecule has 13 heavy (non-hydrogen) atoms. The van der Waals surface area contributed by atoms with E-state index in [4.69, 9.17) is 0 Å². The van der Waals surface area contributed by atoms with Crippen LogP contribution in [0.3, 0.4) is 0 Å². The molecule has 0 unspecified atom stereocenters. The highest BCUT2D eigenvalue weighted by Gasteiger charge is 2.04. The van der Waals surface area contributed by atoms with Crippen molar-refractivity contribution < 1.29 is 0 Å². The summed E-state index contributed by atoms with van der Waals surface area (Å²) >= 11 is 3.54. The van der Waals surface area contributed by atoms with E-state index in [1.807, 2.05) is 25.1 Å². The van der Waals surface area contributed by atoms with Crippen molar-refractivity contribution in [3.8, 4) is 0 Å². The van der Waals surface area contributed by atoms with Crippen molar-refractivity contribution >= 4 is 26.8 Å². The van der Waals surface area contributed by atoms with Crippen molar-refractivity contribution in [2.45, 2.75) is 13.8 Å². The minimum Gasteiger partial charge on any atom is -0.252 e. The Kier molecular flexibility index (Phi) is 2.08. The van der Waals surface area contributed by atoms with E-state index in [1.54, 1.807) is 0 Å². The number of halogens is 1. The van der Waals surface area contributed by atoms with E-state index >= 15 is 0 Å². The maximum Gasteiger partial charge on any atom is 0.0708 e. The lowest BCUT2D eigenvalue weighted by molar-refractivity contribution is 1.21. The third-order valence-corrected chi connectivity index (χ3v) is 3.41. The average molecular weight is 236 g/mol. The fourth-order valence-corrected chi connectivity index (χ4v) is 1.81. The zero-order valence-corrected chi connectivity index (χ0v) is 9.22. The van der Waals surface area contributed by atoms with Gasteiger partial charge in [0.15, 0.2) is 0 Å². The van der Waals surface area contributed by atoms with Gasteiger partial charge in [-0.25, -0.2) is 0 Å². The van der Waals surface area contributed by atoms with Crippen LogP contribution in [0, 0.1) is 13.8 Å². The molecule has 0 aliphatic heterocycles. The van der Waals surface area contributed by atoms with E-state index in [-0.39, 0.29) is 0 Å². The molecule has 1 heterocycles. The molecule has 1 aromatic carbocycles. The Morgan fingerprint density at radius 3 is 2.62 bits per heavy atom. The Bertz CT molecular complexity index is 463. The van der Waals surface area contributed by atoms with Gasteiger partial charge in [-0.1, -0.05) is 18.2 Å². The second-order valence-electron chi connectivity index (χ2n) is 3.15. The first kappa shape index (κ1) is 8.70. The average Bonchev–Trinajstić information content (AvgIpc) is 2.15. The summed E-state index contributed by atoms with van der Waals surface area (Å²) < 4.78 is 1.12. The van der Waals surface area contributed by atoms with Crippen molar-refractivity contribution in [2.75, 3.05) is 0 Å². The van der Waals surface area contributed by atoms with Gasteiger partial charge in [-0.15, -0.1) is 0 Å². The van der Waals surface area contributed by atoms with Crippen LogP contribution in [0.25, 0.3) is 10.9 Å². The van der Waals surface area contributed by atoms with E-state index in [0.717, 1.165) is 15.7 Å². The molecule has 0 bridgehead atoms. The molecule has 66 valence electrons. The van der Waals surface area contributed by atoms with Gasteiger partial charge in [-0.2, -0.15) is 0 Å². The normalized spacial score (nSPS) is 10.7. The van der Waals surface area contributed by atoms with E-state index < -0.39 is 0 Å². The Morgan fingerprint density at radius 1 is 1.15 bits per heavy atom. The number of fused-ring (bicyclic) bond motifs is 1. The molecule has 0 saturated heterocycles. The third-order valence-electron chi connectivity index (χ3n) is 2.24. The topological polar surface area (TPSA) is 12.9 Å². The van der Waals surface area contributed by atoms with Crippen LogP contribution < -0.4 is 0 Å². The Morgan fingerprint density at radius 2 is 1.85 bits per heavy atom. The molecule has 0 radical (unpaired) electrons. The first-order valence-electron chi connectivity index (χ1n) is 4.21. The third kappa shape index (κ3) is 1.35. The van der Waals surface area contributed by atoms with Crippen molar-refractivity contribution in [3.63, 3.8) is 0 Å². The zero-order valence-electron chi connectivity index (χ0n) is 7.63.